The number of carbonyl (C=O) groups is 3. The molecule has 9 nitrogen and oxygen atoms in total. The maximum Gasteiger partial charge on any atom is 0.323 e. The molecule has 0 bridgehead atoms. The van der Waals surface area contributed by atoms with Crippen molar-refractivity contribution in [2.24, 2.45) is 4.99 Å². The van der Waals surface area contributed by atoms with Crippen molar-refractivity contribution in [2.45, 2.75) is 31.5 Å². The van der Waals surface area contributed by atoms with Gasteiger partial charge in [0.25, 0.3) is 11.8 Å². The number of hydrogen-bond acceptors (Lipinski definition) is 6. The molecule has 2 aromatic carbocycles. The molecule has 0 radical (unpaired) electrons. The van der Waals surface area contributed by atoms with E-state index >= 15 is 0 Å². The molecule has 9 heteroatoms. The Hall–Kier alpha value is -4.58. The molecule has 2 unspecified atom stereocenters. The molecule has 36 heavy (non-hydrogen) atoms. The predicted molar refractivity (Wildman–Crippen MR) is 131 cm³/mol. The summed E-state index contributed by atoms with van der Waals surface area (Å²) in [6.45, 7) is 2.29. The maximum absolute atomic E-state index is 13.1. The maximum atomic E-state index is 13.1. The third-order valence-corrected chi connectivity index (χ3v) is 6.87. The molecule has 1 aliphatic carbocycles. The number of hydrogen-bond donors (Lipinski definition) is 3. The number of urea groups is 1. The van der Waals surface area contributed by atoms with Crippen LogP contribution in [-0.2, 0) is 11.3 Å². The minimum atomic E-state index is -1.56. The average Bonchev–Trinajstić information content (AvgIpc) is 3.54. The van der Waals surface area contributed by atoms with Crippen LogP contribution in [0.4, 0.5) is 4.79 Å². The van der Waals surface area contributed by atoms with E-state index in [2.05, 4.69) is 34.7 Å². The fraction of sp³-hybridized carbons (Fsp3) is 0.259. The van der Waals surface area contributed by atoms with Crippen molar-refractivity contribution in [1.29, 1.82) is 0 Å². The zero-order valence-electron chi connectivity index (χ0n) is 19.8. The minimum Gasteiger partial charge on any atom is -0.497 e. The largest absolute Gasteiger partial charge is 0.497 e. The van der Waals surface area contributed by atoms with Gasteiger partial charge in [-0.25, -0.2) is 4.79 Å². The normalized spacial score (nSPS) is 23.6. The van der Waals surface area contributed by atoms with E-state index in [4.69, 9.17) is 9.73 Å². The van der Waals surface area contributed by atoms with Crippen LogP contribution in [0.15, 0.2) is 58.7 Å². The van der Waals surface area contributed by atoms with Crippen molar-refractivity contribution >= 4 is 23.7 Å². The monoisotopic (exact) mass is 481 g/mol. The highest BCUT2D eigenvalue weighted by atomic mass is 16.5. The van der Waals surface area contributed by atoms with Crippen LogP contribution in [-0.4, -0.2) is 53.8 Å². The number of amides is 4. The Balaban J connectivity index is 1.24. The van der Waals surface area contributed by atoms with E-state index in [9.17, 15) is 14.4 Å². The molecule has 6 rings (SSSR count). The fourth-order valence-corrected chi connectivity index (χ4v) is 4.77. The van der Waals surface area contributed by atoms with Crippen molar-refractivity contribution in [2.75, 3.05) is 13.7 Å². The summed E-state index contributed by atoms with van der Waals surface area (Å²) in [5.74, 6) is 6.54. The first-order valence-electron chi connectivity index (χ1n) is 11.6. The molecule has 0 aromatic heterocycles. The SMILES string of the molecule is COc1ccc2c(c1)C(=O)N(CC1(C#Cc3ccc(C4=NC5CC5=C(C)N4)cc3)NC(=O)NC1=O)C2. The van der Waals surface area contributed by atoms with E-state index in [-0.39, 0.29) is 12.5 Å². The lowest BCUT2D eigenvalue weighted by Crippen LogP contribution is -2.54. The molecule has 3 heterocycles. The Morgan fingerprint density at radius 2 is 1.94 bits per heavy atom. The lowest BCUT2D eigenvalue weighted by atomic mass is 9.99. The van der Waals surface area contributed by atoms with E-state index in [1.807, 2.05) is 30.3 Å². The van der Waals surface area contributed by atoms with E-state index in [1.54, 1.807) is 12.1 Å². The minimum absolute atomic E-state index is 0.0818. The first-order valence-corrected chi connectivity index (χ1v) is 11.6. The second kappa shape index (κ2) is 7.99. The number of aliphatic imine (C=N–C) groups is 1. The molecule has 0 spiro atoms. The Labute approximate surface area is 207 Å². The molecule has 1 saturated heterocycles. The van der Waals surface area contributed by atoms with E-state index < -0.39 is 17.5 Å². The highest BCUT2D eigenvalue weighted by Gasteiger charge is 2.48. The summed E-state index contributed by atoms with van der Waals surface area (Å²) in [5.41, 5.74) is 3.92. The van der Waals surface area contributed by atoms with Crippen LogP contribution in [0.5, 0.6) is 5.75 Å². The molecular formula is C27H23N5O4. The predicted octanol–water partition coefficient (Wildman–Crippen LogP) is 1.68. The van der Waals surface area contributed by atoms with Crippen LogP contribution >= 0.6 is 0 Å². The Bertz CT molecular complexity index is 1460. The Morgan fingerprint density at radius 3 is 2.64 bits per heavy atom. The zero-order chi connectivity index (χ0) is 25.0. The van der Waals surface area contributed by atoms with Gasteiger partial charge in [0, 0.05) is 28.9 Å². The van der Waals surface area contributed by atoms with Crippen molar-refractivity contribution in [3.8, 4) is 17.6 Å². The molecule has 1 saturated carbocycles. The van der Waals surface area contributed by atoms with Gasteiger partial charge in [0.15, 0.2) is 0 Å². The van der Waals surface area contributed by atoms with Crippen molar-refractivity contribution < 1.29 is 19.1 Å². The third kappa shape index (κ3) is 3.67. The summed E-state index contributed by atoms with van der Waals surface area (Å²) < 4.78 is 5.23. The van der Waals surface area contributed by atoms with Crippen LogP contribution < -0.4 is 20.7 Å². The Morgan fingerprint density at radius 1 is 1.14 bits per heavy atom. The highest BCUT2D eigenvalue weighted by Crippen LogP contribution is 2.37. The van der Waals surface area contributed by atoms with Gasteiger partial charge in [-0.1, -0.05) is 30.0 Å². The molecular weight excluding hydrogens is 458 g/mol. The number of methoxy groups -OCH3 is 1. The zero-order valence-corrected chi connectivity index (χ0v) is 19.8. The van der Waals surface area contributed by atoms with Gasteiger partial charge in [0.2, 0.25) is 5.54 Å². The number of imide groups is 1. The quantitative estimate of drug-likeness (QED) is 0.455. The van der Waals surface area contributed by atoms with Crippen molar-refractivity contribution in [1.82, 2.24) is 20.9 Å². The molecule has 2 fully saturated rings. The highest BCUT2D eigenvalue weighted by molar-refractivity contribution is 6.10. The lowest BCUT2D eigenvalue weighted by molar-refractivity contribution is -0.122. The van der Waals surface area contributed by atoms with Crippen LogP contribution in [0.1, 0.15) is 40.4 Å². The summed E-state index contributed by atoms with van der Waals surface area (Å²) in [6.07, 6.45) is 1.01. The Kier molecular flexibility index (Phi) is 4.86. The van der Waals surface area contributed by atoms with Crippen molar-refractivity contribution in [3.63, 3.8) is 0 Å². The number of allylic oxidation sites excluding steroid dienone is 1. The number of amidine groups is 1. The summed E-state index contributed by atoms with van der Waals surface area (Å²) in [5, 5.41) is 8.24. The second-order valence-electron chi connectivity index (χ2n) is 9.30. The average molecular weight is 482 g/mol. The van der Waals surface area contributed by atoms with Gasteiger partial charge in [-0.3, -0.25) is 19.9 Å². The van der Waals surface area contributed by atoms with E-state index in [0.29, 0.717) is 29.5 Å². The van der Waals surface area contributed by atoms with E-state index in [1.165, 1.54) is 17.6 Å². The number of ether oxygens (including phenoxy) is 1. The molecule has 4 aliphatic rings. The van der Waals surface area contributed by atoms with Crippen LogP contribution in [0.3, 0.4) is 0 Å². The van der Waals surface area contributed by atoms with Gasteiger partial charge in [-0.2, -0.15) is 0 Å². The van der Waals surface area contributed by atoms with Crippen LogP contribution in [0.25, 0.3) is 0 Å². The van der Waals surface area contributed by atoms with Crippen LogP contribution in [0.2, 0.25) is 0 Å². The molecule has 180 valence electrons. The standard InChI is InChI=1S/C27H23N5O4/c1-15-20-12-22(20)29-23(28-15)17-5-3-16(4-6-17)9-10-27(25(34)30-26(35)31-27)14-32-13-18-7-8-19(36-2)11-21(18)24(32)33/h3-8,11,22H,12-14H2,1-2H3,(H,28,29)(H2,30,31,34,35). The smallest absolute Gasteiger partial charge is 0.323 e. The van der Waals surface area contributed by atoms with E-state index in [0.717, 1.165) is 29.1 Å². The number of nitrogens with zero attached hydrogens (tertiary/aromatic N) is 2. The van der Waals surface area contributed by atoms with Gasteiger partial charge in [0.05, 0.1) is 19.7 Å². The number of carbonyl (C=O) groups excluding carboxylic acids is 3. The number of rotatable bonds is 4. The molecule has 3 N–H and O–H groups in total. The summed E-state index contributed by atoms with van der Waals surface area (Å²) >= 11 is 0. The number of benzene rings is 2. The molecule has 2 aromatic rings. The topological polar surface area (TPSA) is 112 Å². The molecule has 3 aliphatic heterocycles. The summed E-state index contributed by atoms with van der Waals surface area (Å²) in [7, 11) is 1.54. The molecule has 2 atom stereocenters. The third-order valence-electron chi connectivity index (χ3n) is 6.87. The number of fused-ring (bicyclic) bond motifs is 2. The molecule has 4 amide bonds. The first kappa shape index (κ1) is 21.9. The summed E-state index contributed by atoms with van der Waals surface area (Å²) in [4.78, 5) is 44.2. The van der Waals surface area contributed by atoms with Gasteiger partial charge < -0.3 is 20.3 Å². The number of nitrogens with one attached hydrogen (secondary N) is 3. The lowest BCUT2D eigenvalue weighted by Gasteiger charge is -2.26. The van der Waals surface area contributed by atoms with Crippen LogP contribution in [0, 0.1) is 11.8 Å². The fourth-order valence-electron chi connectivity index (χ4n) is 4.77. The van der Waals surface area contributed by atoms with Gasteiger partial charge in [0.1, 0.15) is 11.6 Å². The summed E-state index contributed by atoms with van der Waals surface area (Å²) in [6, 6.07) is 12.5. The van der Waals surface area contributed by atoms with Gasteiger partial charge in [-0.15, -0.1) is 0 Å². The second-order valence-corrected chi connectivity index (χ2v) is 9.30. The van der Waals surface area contributed by atoms with Gasteiger partial charge >= 0.3 is 6.03 Å². The van der Waals surface area contributed by atoms with Crippen molar-refractivity contribution in [3.05, 3.63) is 76.0 Å². The first-order chi connectivity index (χ1) is 17.3. The van der Waals surface area contributed by atoms with Gasteiger partial charge in [-0.05, 0) is 48.7 Å².